The Balaban J connectivity index is 1.45. The molecule has 0 aliphatic carbocycles. The number of carbonyl (C=O) groups excluding carboxylic acids is 1. The first-order valence-electron chi connectivity index (χ1n) is 12.1. The molecule has 1 unspecified atom stereocenters. The van der Waals surface area contributed by atoms with Crippen LogP contribution in [-0.4, -0.2) is 21.6 Å². The highest BCUT2D eigenvalue weighted by Gasteiger charge is 2.27. The number of carboxylic acid groups (broad SMARTS) is 1. The number of benzene rings is 4. The monoisotopic (exact) mass is 507 g/mol. The molecule has 0 aliphatic rings. The van der Waals surface area contributed by atoms with Crippen molar-refractivity contribution < 1.29 is 28.9 Å². The molecule has 190 valence electrons. The van der Waals surface area contributed by atoms with E-state index in [-0.39, 0.29) is 24.7 Å². The van der Waals surface area contributed by atoms with Gasteiger partial charge in [0.15, 0.2) is 12.6 Å². The van der Waals surface area contributed by atoms with Gasteiger partial charge >= 0.3 is 11.9 Å². The predicted octanol–water partition coefficient (Wildman–Crippen LogP) is 6.24. The van der Waals surface area contributed by atoms with Crippen LogP contribution in [0.2, 0.25) is 0 Å². The minimum atomic E-state index is -1.08. The molecule has 0 fully saturated rings. The second-order valence-electron chi connectivity index (χ2n) is 8.55. The lowest BCUT2D eigenvalue weighted by molar-refractivity contribution is -0.154. The van der Waals surface area contributed by atoms with Gasteiger partial charge in [-0.1, -0.05) is 91.0 Å². The van der Waals surface area contributed by atoms with Gasteiger partial charge in [-0.25, -0.2) is 9.59 Å². The Labute approximate surface area is 219 Å². The first-order valence-corrected chi connectivity index (χ1v) is 12.1. The van der Waals surface area contributed by atoms with Gasteiger partial charge in [-0.3, -0.25) is 4.57 Å². The lowest BCUT2D eigenvalue weighted by Crippen LogP contribution is -2.23. The Morgan fingerprint density at radius 2 is 1.45 bits per heavy atom. The Bertz CT molecular complexity index is 1550. The fraction of sp³-hybridized carbons (Fsp3) is 0.0968. The number of para-hydroxylation sites is 2. The van der Waals surface area contributed by atoms with E-state index in [2.05, 4.69) is 0 Å². The van der Waals surface area contributed by atoms with Crippen LogP contribution in [0.5, 0.6) is 11.6 Å². The van der Waals surface area contributed by atoms with Crippen LogP contribution in [0.15, 0.2) is 115 Å². The number of ether oxygens (including phenoxy) is 3. The molecule has 5 rings (SSSR count). The van der Waals surface area contributed by atoms with Crippen LogP contribution in [0, 0.1) is 0 Å². The average Bonchev–Trinajstić information content (AvgIpc) is 3.31. The van der Waals surface area contributed by atoms with Crippen LogP contribution in [0.25, 0.3) is 10.9 Å². The summed E-state index contributed by atoms with van der Waals surface area (Å²) in [5.74, 6) is -1.01. The van der Waals surface area contributed by atoms with Gasteiger partial charge in [0.05, 0.1) is 5.52 Å². The number of carboxylic acids is 1. The van der Waals surface area contributed by atoms with Crippen molar-refractivity contribution in [3.63, 3.8) is 0 Å². The summed E-state index contributed by atoms with van der Waals surface area (Å²) in [5, 5.41) is 10.4. The van der Waals surface area contributed by atoms with Gasteiger partial charge in [-0.2, -0.15) is 0 Å². The number of fused-ring (bicyclic) bond motifs is 1. The molecule has 1 atom stereocenters. The molecule has 0 radical (unpaired) electrons. The van der Waals surface area contributed by atoms with E-state index in [0.29, 0.717) is 11.4 Å². The zero-order valence-corrected chi connectivity index (χ0v) is 20.4. The molecule has 1 N–H and O–H groups in total. The maximum atomic E-state index is 13.3. The standard InChI is InChI=1S/C31H25NO6/c33-30(34)25-16-8-10-18-27(25)37-21-32-26-17-9-7-15-24(26)19-28(32)38-29(23-13-5-2-6-14-23)31(35)36-20-22-11-3-1-4-12-22/h1-19,29H,20-21H2,(H,33,34). The highest BCUT2D eigenvalue weighted by molar-refractivity contribution is 5.90. The van der Waals surface area contributed by atoms with Gasteiger partial charge in [0.25, 0.3) is 0 Å². The summed E-state index contributed by atoms with van der Waals surface area (Å²) in [6, 6.07) is 34.4. The van der Waals surface area contributed by atoms with Gasteiger partial charge in [0.2, 0.25) is 6.10 Å². The topological polar surface area (TPSA) is 87.0 Å². The Hall–Kier alpha value is -5.04. The van der Waals surface area contributed by atoms with Gasteiger partial charge in [-0.05, 0) is 23.8 Å². The van der Waals surface area contributed by atoms with Crippen molar-refractivity contribution in [2.75, 3.05) is 0 Å². The van der Waals surface area contributed by atoms with Crippen LogP contribution in [-0.2, 0) is 22.9 Å². The van der Waals surface area contributed by atoms with E-state index < -0.39 is 18.0 Å². The summed E-state index contributed by atoms with van der Waals surface area (Å²) in [5.41, 5.74) is 2.37. The SMILES string of the molecule is O=C(O)c1ccccc1OCn1c(OC(C(=O)OCc2ccccc2)c2ccccc2)cc2ccccc21. The summed E-state index contributed by atoms with van der Waals surface area (Å²) >= 11 is 0. The highest BCUT2D eigenvalue weighted by Crippen LogP contribution is 2.31. The van der Waals surface area contributed by atoms with Gasteiger partial charge in [0, 0.05) is 17.0 Å². The quantitative estimate of drug-likeness (QED) is 0.225. The van der Waals surface area contributed by atoms with Crippen molar-refractivity contribution in [1.29, 1.82) is 0 Å². The summed E-state index contributed by atoms with van der Waals surface area (Å²) in [7, 11) is 0. The van der Waals surface area contributed by atoms with Crippen LogP contribution in [0.3, 0.4) is 0 Å². The molecule has 38 heavy (non-hydrogen) atoms. The molecule has 7 heteroatoms. The Kier molecular flexibility index (Phi) is 7.36. The van der Waals surface area contributed by atoms with Crippen LogP contribution in [0.4, 0.5) is 0 Å². The van der Waals surface area contributed by atoms with E-state index in [4.69, 9.17) is 14.2 Å². The van der Waals surface area contributed by atoms with Crippen molar-refractivity contribution in [3.8, 4) is 11.6 Å². The van der Waals surface area contributed by atoms with Crippen molar-refractivity contribution >= 4 is 22.8 Å². The van der Waals surface area contributed by atoms with Crippen LogP contribution >= 0.6 is 0 Å². The third-order valence-corrected chi connectivity index (χ3v) is 6.02. The second kappa shape index (κ2) is 11.3. The maximum Gasteiger partial charge on any atom is 0.352 e. The Morgan fingerprint density at radius 1 is 0.789 bits per heavy atom. The molecule has 5 aromatic rings. The van der Waals surface area contributed by atoms with E-state index in [0.717, 1.165) is 16.5 Å². The summed E-state index contributed by atoms with van der Waals surface area (Å²) < 4.78 is 19.6. The van der Waals surface area contributed by atoms with E-state index in [1.807, 2.05) is 78.9 Å². The zero-order chi connectivity index (χ0) is 26.3. The first kappa shape index (κ1) is 24.6. The molecule has 0 aliphatic heterocycles. The van der Waals surface area contributed by atoms with E-state index >= 15 is 0 Å². The number of aromatic nitrogens is 1. The first-order chi connectivity index (χ1) is 18.6. The maximum absolute atomic E-state index is 13.3. The van der Waals surface area contributed by atoms with E-state index in [1.54, 1.807) is 34.9 Å². The number of hydrogen-bond donors (Lipinski definition) is 1. The molecule has 0 saturated heterocycles. The fourth-order valence-corrected chi connectivity index (χ4v) is 4.12. The van der Waals surface area contributed by atoms with Crippen molar-refractivity contribution in [3.05, 3.63) is 132 Å². The normalized spacial score (nSPS) is 11.6. The molecule has 1 heterocycles. The molecule has 4 aromatic carbocycles. The minimum absolute atomic E-state index is 0.0340. The number of rotatable bonds is 10. The summed E-state index contributed by atoms with van der Waals surface area (Å²) in [6.07, 6.45) is -1.03. The summed E-state index contributed by atoms with van der Waals surface area (Å²) in [6.45, 7) is 0.0815. The third kappa shape index (κ3) is 5.52. The number of aromatic carboxylic acids is 1. The minimum Gasteiger partial charge on any atom is -0.478 e. The van der Waals surface area contributed by atoms with Gasteiger partial charge in [-0.15, -0.1) is 0 Å². The number of hydrogen-bond acceptors (Lipinski definition) is 5. The highest BCUT2D eigenvalue weighted by atomic mass is 16.6. The molecule has 0 bridgehead atoms. The van der Waals surface area contributed by atoms with E-state index in [1.165, 1.54) is 6.07 Å². The van der Waals surface area contributed by atoms with Crippen molar-refractivity contribution in [2.45, 2.75) is 19.4 Å². The van der Waals surface area contributed by atoms with Crippen molar-refractivity contribution in [2.24, 2.45) is 0 Å². The number of esters is 1. The smallest absolute Gasteiger partial charge is 0.352 e. The van der Waals surface area contributed by atoms with Gasteiger partial charge < -0.3 is 19.3 Å². The molecule has 1 aromatic heterocycles. The molecule has 7 nitrogen and oxygen atoms in total. The molecular weight excluding hydrogens is 482 g/mol. The Morgan fingerprint density at radius 3 is 2.21 bits per heavy atom. The third-order valence-electron chi connectivity index (χ3n) is 6.02. The number of carbonyl (C=O) groups is 2. The van der Waals surface area contributed by atoms with Gasteiger partial charge in [0.1, 0.15) is 17.9 Å². The largest absolute Gasteiger partial charge is 0.478 e. The lowest BCUT2D eigenvalue weighted by Gasteiger charge is -2.20. The predicted molar refractivity (Wildman–Crippen MR) is 142 cm³/mol. The zero-order valence-electron chi connectivity index (χ0n) is 20.4. The van der Waals surface area contributed by atoms with Crippen LogP contribution in [0.1, 0.15) is 27.6 Å². The number of nitrogens with zero attached hydrogens (tertiary/aromatic N) is 1. The molecular formula is C31H25NO6. The molecule has 0 saturated carbocycles. The second-order valence-corrected chi connectivity index (χ2v) is 8.55. The lowest BCUT2D eigenvalue weighted by atomic mass is 10.1. The summed E-state index contributed by atoms with van der Waals surface area (Å²) in [4.78, 5) is 24.9. The molecule has 0 amide bonds. The molecule has 0 spiro atoms. The van der Waals surface area contributed by atoms with E-state index in [9.17, 15) is 14.7 Å². The van der Waals surface area contributed by atoms with Crippen molar-refractivity contribution in [1.82, 2.24) is 4.57 Å². The average molecular weight is 508 g/mol. The van der Waals surface area contributed by atoms with Crippen LogP contribution < -0.4 is 9.47 Å². The fourth-order valence-electron chi connectivity index (χ4n) is 4.12.